The Balaban J connectivity index is 2.21. The molecule has 3 heteroatoms. The molecule has 0 heterocycles. The Bertz CT molecular complexity index is 496. The van der Waals surface area contributed by atoms with Crippen LogP contribution in [0.4, 0.5) is 5.69 Å². The first-order valence-corrected chi connectivity index (χ1v) is 8.01. The first kappa shape index (κ1) is 15.9. The highest BCUT2D eigenvalue weighted by Crippen LogP contribution is 2.40. The van der Waals surface area contributed by atoms with Gasteiger partial charge in [0.25, 0.3) is 0 Å². The summed E-state index contributed by atoms with van der Waals surface area (Å²) in [5.41, 5.74) is 2.05. The topological polar surface area (TPSA) is 39.1 Å². The van der Waals surface area contributed by atoms with Crippen molar-refractivity contribution in [2.75, 3.05) is 18.0 Å². The predicted octanol–water partition coefficient (Wildman–Crippen LogP) is 3.49. The largest absolute Gasteiger partial charge is 0.369 e. The molecule has 114 valence electrons. The van der Waals surface area contributed by atoms with Crippen molar-refractivity contribution in [2.45, 2.75) is 52.1 Å². The van der Waals surface area contributed by atoms with Crippen LogP contribution in [-0.4, -0.2) is 24.7 Å². The van der Waals surface area contributed by atoms with Gasteiger partial charge >= 0.3 is 0 Å². The number of likely N-dealkylation sites (N-methyl/N-ethyl adjacent to an activating group) is 1. The number of rotatable bonds is 7. The van der Waals surface area contributed by atoms with Gasteiger partial charge in [-0.3, -0.25) is 5.32 Å². The van der Waals surface area contributed by atoms with Crippen molar-refractivity contribution in [1.82, 2.24) is 5.32 Å². The van der Waals surface area contributed by atoms with Gasteiger partial charge in [0.2, 0.25) is 0 Å². The molecule has 2 rings (SSSR count). The molecule has 1 aliphatic rings. The quantitative estimate of drug-likeness (QED) is 0.833. The van der Waals surface area contributed by atoms with Gasteiger partial charge in [0.15, 0.2) is 0 Å². The number of nitrogens with one attached hydrogen (secondary N) is 1. The zero-order valence-corrected chi connectivity index (χ0v) is 13.7. The van der Waals surface area contributed by atoms with Crippen LogP contribution >= 0.6 is 0 Å². The van der Waals surface area contributed by atoms with Crippen molar-refractivity contribution in [3.05, 3.63) is 29.8 Å². The molecule has 21 heavy (non-hydrogen) atoms. The first-order chi connectivity index (χ1) is 10.0. The van der Waals surface area contributed by atoms with Gasteiger partial charge in [0, 0.05) is 24.8 Å². The van der Waals surface area contributed by atoms with Crippen molar-refractivity contribution < 1.29 is 0 Å². The molecule has 0 radical (unpaired) electrons. The molecule has 1 unspecified atom stereocenters. The summed E-state index contributed by atoms with van der Waals surface area (Å²) in [6.07, 6.45) is 2.33. The fourth-order valence-electron chi connectivity index (χ4n) is 2.99. The average Bonchev–Trinajstić information content (AvgIpc) is 3.29. The number of hydrogen-bond donors (Lipinski definition) is 1. The second-order valence-corrected chi connectivity index (χ2v) is 6.51. The second kappa shape index (κ2) is 6.49. The van der Waals surface area contributed by atoms with Crippen LogP contribution in [0.25, 0.3) is 0 Å². The van der Waals surface area contributed by atoms with Crippen molar-refractivity contribution in [3.63, 3.8) is 0 Å². The number of aryl methyl sites for hydroxylation is 1. The minimum absolute atomic E-state index is 0.321. The molecule has 1 saturated carbocycles. The number of nitrogens with zero attached hydrogens (tertiary/aromatic N) is 2. The van der Waals surface area contributed by atoms with Crippen molar-refractivity contribution in [3.8, 4) is 6.07 Å². The van der Waals surface area contributed by atoms with Crippen LogP contribution in [0.15, 0.2) is 24.3 Å². The summed E-state index contributed by atoms with van der Waals surface area (Å²) in [6.45, 7) is 10.2. The van der Waals surface area contributed by atoms with E-state index in [9.17, 15) is 5.26 Å². The Kier molecular flexibility index (Phi) is 4.90. The van der Waals surface area contributed by atoms with Crippen molar-refractivity contribution in [1.29, 1.82) is 5.26 Å². The maximum Gasteiger partial charge on any atom is 0.127 e. The maximum atomic E-state index is 9.83. The fraction of sp³-hybridized carbons (Fsp3) is 0.611. The lowest BCUT2D eigenvalue weighted by Gasteiger charge is -2.36. The highest BCUT2D eigenvalue weighted by atomic mass is 15.2. The minimum Gasteiger partial charge on any atom is -0.369 e. The Hall–Kier alpha value is -1.53. The van der Waals surface area contributed by atoms with Crippen molar-refractivity contribution >= 4 is 5.69 Å². The van der Waals surface area contributed by atoms with Gasteiger partial charge in [-0.2, -0.15) is 5.26 Å². The van der Waals surface area contributed by atoms with Gasteiger partial charge in [-0.15, -0.1) is 0 Å². The summed E-state index contributed by atoms with van der Waals surface area (Å²) in [5.74, 6) is 0.490. The van der Waals surface area contributed by atoms with E-state index in [4.69, 9.17) is 0 Å². The van der Waals surface area contributed by atoms with E-state index in [1.165, 1.54) is 24.1 Å². The lowest BCUT2D eigenvalue weighted by atomic mass is 9.92. The number of nitriles is 1. The van der Waals surface area contributed by atoms with Gasteiger partial charge < -0.3 is 4.90 Å². The summed E-state index contributed by atoms with van der Waals surface area (Å²) in [5, 5.41) is 13.4. The molecular weight excluding hydrogens is 258 g/mol. The van der Waals surface area contributed by atoms with E-state index in [2.05, 4.69) is 68.2 Å². The lowest BCUT2D eigenvalue weighted by Crippen LogP contribution is -2.56. The van der Waals surface area contributed by atoms with E-state index in [1.807, 2.05) is 0 Å². The molecule has 1 aliphatic carbocycles. The molecule has 3 nitrogen and oxygen atoms in total. The Morgan fingerprint density at radius 1 is 1.33 bits per heavy atom. The van der Waals surface area contributed by atoms with E-state index in [1.54, 1.807) is 0 Å². The third-order valence-corrected chi connectivity index (χ3v) is 4.24. The molecule has 0 spiro atoms. The number of hydrogen-bond acceptors (Lipinski definition) is 3. The van der Waals surface area contributed by atoms with E-state index in [-0.39, 0.29) is 0 Å². The van der Waals surface area contributed by atoms with Gasteiger partial charge in [-0.1, -0.05) is 17.7 Å². The van der Waals surface area contributed by atoms with Crippen LogP contribution in [0.5, 0.6) is 0 Å². The normalized spacial score (nSPS) is 17.3. The molecule has 0 aromatic heterocycles. The molecule has 1 aromatic carbocycles. The van der Waals surface area contributed by atoms with Gasteiger partial charge in [0.1, 0.15) is 5.54 Å². The van der Waals surface area contributed by atoms with E-state index in [0.717, 1.165) is 13.1 Å². The highest BCUT2D eigenvalue weighted by molar-refractivity contribution is 5.48. The molecule has 0 amide bonds. The van der Waals surface area contributed by atoms with Crippen LogP contribution in [0.2, 0.25) is 0 Å². The Morgan fingerprint density at radius 3 is 2.38 bits per heavy atom. The Morgan fingerprint density at radius 2 is 1.95 bits per heavy atom. The lowest BCUT2D eigenvalue weighted by molar-refractivity contribution is 0.336. The Labute approximate surface area is 129 Å². The van der Waals surface area contributed by atoms with Crippen LogP contribution in [0.1, 0.15) is 39.2 Å². The predicted molar refractivity (Wildman–Crippen MR) is 88.4 cm³/mol. The molecular formula is C18H27N3. The molecule has 0 saturated heterocycles. The zero-order chi connectivity index (χ0) is 15.5. The molecule has 1 N–H and O–H groups in total. The van der Waals surface area contributed by atoms with Gasteiger partial charge in [-0.25, -0.2) is 0 Å². The number of benzene rings is 1. The van der Waals surface area contributed by atoms with Crippen LogP contribution in [-0.2, 0) is 0 Å². The molecule has 0 bridgehead atoms. The summed E-state index contributed by atoms with van der Waals surface area (Å²) < 4.78 is 0. The van der Waals surface area contributed by atoms with E-state index >= 15 is 0 Å². The fourth-order valence-corrected chi connectivity index (χ4v) is 2.99. The summed E-state index contributed by atoms with van der Waals surface area (Å²) >= 11 is 0. The third-order valence-electron chi connectivity index (χ3n) is 4.24. The van der Waals surface area contributed by atoms with Crippen LogP contribution in [0, 0.1) is 24.2 Å². The number of anilines is 1. The second-order valence-electron chi connectivity index (χ2n) is 6.51. The summed E-state index contributed by atoms with van der Waals surface area (Å²) in [6, 6.07) is 11.5. The maximum absolute atomic E-state index is 9.83. The molecule has 0 aliphatic heterocycles. The standard InChI is InChI=1S/C18H27N3/c1-5-21(17-10-6-15(4)7-11-17)13-18(12-19,16-8-9-16)20-14(2)3/h6-7,10-11,14,16,20H,5,8-9,13H2,1-4H3. The minimum atomic E-state index is -0.422. The van der Waals surface area contributed by atoms with Gasteiger partial charge in [-0.05, 0) is 58.6 Å². The summed E-state index contributed by atoms with van der Waals surface area (Å²) in [7, 11) is 0. The van der Waals surface area contributed by atoms with E-state index < -0.39 is 5.54 Å². The smallest absolute Gasteiger partial charge is 0.127 e. The molecule has 1 aromatic rings. The molecule has 1 atom stereocenters. The highest BCUT2D eigenvalue weighted by Gasteiger charge is 2.47. The summed E-state index contributed by atoms with van der Waals surface area (Å²) in [4.78, 5) is 2.32. The molecule has 1 fully saturated rings. The van der Waals surface area contributed by atoms with E-state index in [0.29, 0.717) is 12.0 Å². The van der Waals surface area contributed by atoms with Crippen LogP contribution < -0.4 is 10.2 Å². The van der Waals surface area contributed by atoms with Crippen molar-refractivity contribution in [2.24, 2.45) is 5.92 Å². The average molecular weight is 285 g/mol. The SMILES string of the molecule is CCN(CC(C#N)(NC(C)C)C1CC1)c1ccc(C)cc1. The monoisotopic (exact) mass is 285 g/mol. The van der Waals surface area contributed by atoms with Crippen LogP contribution in [0.3, 0.4) is 0 Å². The zero-order valence-electron chi connectivity index (χ0n) is 13.7. The third kappa shape index (κ3) is 3.77. The van der Waals surface area contributed by atoms with Gasteiger partial charge in [0.05, 0.1) is 6.07 Å². The first-order valence-electron chi connectivity index (χ1n) is 8.01.